The first-order chi connectivity index (χ1) is 9.47. The predicted molar refractivity (Wildman–Crippen MR) is 76.5 cm³/mol. The normalized spacial score (nSPS) is 10.1. The van der Waals surface area contributed by atoms with E-state index in [0.717, 1.165) is 10.9 Å². The van der Waals surface area contributed by atoms with Crippen molar-refractivity contribution in [3.63, 3.8) is 0 Å². The summed E-state index contributed by atoms with van der Waals surface area (Å²) in [6.07, 6.45) is 0. The van der Waals surface area contributed by atoms with Gasteiger partial charge >= 0.3 is 6.03 Å². The topological polar surface area (TPSA) is 104 Å². The number of amides is 2. The number of phenolic OH excluding ortho intramolecular Hbond substituents is 1. The van der Waals surface area contributed by atoms with E-state index in [4.69, 9.17) is 0 Å². The van der Waals surface area contributed by atoms with E-state index in [1.165, 1.54) is 23.5 Å². The number of nitrogens with one attached hydrogen (secondary N) is 2. The number of non-ortho nitro benzene ring substituents is 1. The van der Waals surface area contributed by atoms with Gasteiger partial charge in [-0.05, 0) is 24.4 Å². The molecule has 1 heterocycles. The molecule has 7 nitrogen and oxygen atoms in total. The summed E-state index contributed by atoms with van der Waals surface area (Å²) in [7, 11) is 0. The second-order valence-corrected chi connectivity index (χ2v) is 5.05. The van der Waals surface area contributed by atoms with Crippen LogP contribution in [0.15, 0.2) is 29.6 Å². The third-order valence-corrected chi connectivity index (χ3v) is 3.39. The molecular formula is C12H11N3O4S. The summed E-state index contributed by atoms with van der Waals surface area (Å²) in [5, 5.41) is 27.0. The molecular weight excluding hydrogens is 282 g/mol. The number of aryl methyl sites for hydroxylation is 1. The van der Waals surface area contributed by atoms with E-state index in [1.807, 2.05) is 12.3 Å². The number of nitrogens with zero attached hydrogens (tertiary/aromatic N) is 1. The molecule has 104 valence electrons. The van der Waals surface area contributed by atoms with Gasteiger partial charge in [0.15, 0.2) is 0 Å². The molecule has 0 spiro atoms. The number of nitro groups is 1. The fourth-order valence-corrected chi connectivity index (χ4v) is 2.18. The van der Waals surface area contributed by atoms with Crippen molar-refractivity contribution in [2.24, 2.45) is 0 Å². The van der Waals surface area contributed by atoms with Crippen molar-refractivity contribution in [2.45, 2.75) is 6.92 Å². The summed E-state index contributed by atoms with van der Waals surface area (Å²) in [6.45, 7) is 1.86. The van der Waals surface area contributed by atoms with E-state index in [1.54, 1.807) is 6.07 Å². The van der Waals surface area contributed by atoms with E-state index >= 15 is 0 Å². The van der Waals surface area contributed by atoms with E-state index < -0.39 is 11.0 Å². The maximum absolute atomic E-state index is 11.7. The molecule has 1 aromatic heterocycles. The number of benzene rings is 1. The lowest BCUT2D eigenvalue weighted by molar-refractivity contribution is -0.384. The van der Waals surface area contributed by atoms with Gasteiger partial charge in [-0.1, -0.05) is 0 Å². The zero-order valence-electron chi connectivity index (χ0n) is 10.4. The van der Waals surface area contributed by atoms with E-state index in [-0.39, 0.29) is 17.1 Å². The second-order valence-electron chi connectivity index (χ2n) is 3.93. The number of carbonyl (C=O) groups is 1. The van der Waals surface area contributed by atoms with Gasteiger partial charge in [-0.3, -0.25) is 10.1 Å². The fourth-order valence-electron chi connectivity index (χ4n) is 1.53. The monoisotopic (exact) mass is 293 g/mol. The zero-order chi connectivity index (χ0) is 14.7. The van der Waals surface area contributed by atoms with Gasteiger partial charge < -0.3 is 15.7 Å². The molecule has 0 fully saturated rings. The Morgan fingerprint density at radius 2 is 2.00 bits per heavy atom. The Morgan fingerprint density at radius 3 is 2.55 bits per heavy atom. The van der Waals surface area contributed by atoms with Gasteiger partial charge in [-0.2, -0.15) is 0 Å². The van der Waals surface area contributed by atoms with Crippen LogP contribution < -0.4 is 10.6 Å². The van der Waals surface area contributed by atoms with Crippen molar-refractivity contribution in [1.29, 1.82) is 0 Å². The molecule has 0 unspecified atom stereocenters. The Morgan fingerprint density at radius 1 is 1.30 bits per heavy atom. The molecule has 0 saturated carbocycles. The lowest BCUT2D eigenvalue weighted by Crippen LogP contribution is -2.19. The van der Waals surface area contributed by atoms with Crippen LogP contribution in [0.3, 0.4) is 0 Å². The van der Waals surface area contributed by atoms with E-state index in [2.05, 4.69) is 10.6 Å². The molecule has 2 aromatic rings. The van der Waals surface area contributed by atoms with Crippen LogP contribution in [0.1, 0.15) is 4.88 Å². The number of hydrogen-bond donors (Lipinski definition) is 3. The molecule has 0 atom stereocenters. The minimum absolute atomic E-state index is 0.0981. The number of hydrogen-bond acceptors (Lipinski definition) is 5. The highest BCUT2D eigenvalue weighted by Gasteiger charge is 2.12. The van der Waals surface area contributed by atoms with Crippen molar-refractivity contribution in [1.82, 2.24) is 0 Å². The molecule has 0 aliphatic rings. The van der Waals surface area contributed by atoms with Crippen LogP contribution in [0.5, 0.6) is 5.75 Å². The summed E-state index contributed by atoms with van der Waals surface area (Å²) in [4.78, 5) is 22.6. The number of nitro benzene ring substituents is 1. The SMILES string of the molecule is Cc1sccc1NC(=O)Nc1ccc([N+](=O)[O-])cc1O. The number of carbonyl (C=O) groups excluding carboxylic acids is 1. The Bertz CT molecular complexity index is 668. The van der Waals surface area contributed by atoms with Crippen molar-refractivity contribution in [3.05, 3.63) is 44.6 Å². The molecule has 1 aromatic carbocycles. The number of thiophene rings is 1. The first-order valence-electron chi connectivity index (χ1n) is 5.57. The van der Waals surface area contributed by atoms with Crippen molar-refractivity contribution in [3.8, 4) is 5.75 Å². The van der Waals surface area contributed by atoms with Gasteiger partial charge in [0.1, 0.15) is 5.75 Å². The quantitative estimate of drug-likeness (QED) is 0.458. The largest absolute Gasteiger partial charge is 0.506 e. The van der Waals surface area contributed by atoms with Gasteiger partial charge in [-0.15, -0.1) is 11.3 Å². The molecule has 0 radical (unpaired) electrons. The minimum Gasteiger partial charge on any atom is -0.506 e. The molecule has 2 amide bonds. The highest BCUT2D eigenvalue weighted by atomic mass is 32.1. The third kappa shape index (κ3) is 3.04. The summed E-state index contributed by atoms with van der Waals surface area (Å²) >= 11 is 1.49. The molecule has 3 N–H and O–H groups in total. The molecule has 0 bridgehead atoms. The van der Waals surface area contributed by atoms with Crippen LogP contribution >= 0.6 is 11.3 Å². The molecule has 2 rings (SSSR count). The minimum atomic E-state index is -0.627. The van der Waals surface area contributed by atoms with Gasteiger partial charge in [0.2, 0.25) is 0 Å². The highest BCUT2D eigenvalue weighted by molar-refractivity contribution is 7.10. The van der Waals surface area contributed by atoms with Gasteiger partial charge in [0.25, 0.3) is 5.69 Å². The summed E-state index contributed by atoms with van der Waals surface area (Å²) < 4.78 is 0. The number of anilines is 2. The highest BCUT2D eigenvalue weighted by Crippen LogP contribution is 2.28. The predicted octanol–water partition coefficient (Wildman–Crippen LogP) is 3.31. The Balaban J connectivity index is 2.08. The Labute approximate surface area is 118 Å². The first kappa shape index (κ1) is 13.8. The van der Waals surface area contributed by atoms with E-state index in [0.29, 0.717) is 5.69 Å². The molecule has 0 aliphatic heterocycles. The zero-order valence-corrected chi connectivity index (χ0v) is 11.2. The fraction of sp³-hybridized carbons (Fsp3) is 0.0833. The molecule has 0 saturated heterocycles. The first-order valence-corrected chi connectivity index (χ1v) is 6.45. The number of phenols is 1. The van der Waals surface area contributed by atoms with Crippen molar-refractivity contribution < 1.29 is 14.8 Å². The summed E-state index contributed by atoms with van der Waals surface area (Å²) in [5.74, 6) is -0.364. The van der Waals surface area contributed by atoms with Crippen molar-refractivity contribution >= 4 is 34.4 Å². The van der Waals surface area contributed by atoms with E-state index in [9.17, 15) is 20.0 Å². The van der Waals surface area contributed by atoms with Gasteiger partial charge in [-0.25, -0.2) is 4.79 Å². The average Bonchev–Trinajstić information content (AvgIpc) is 2.77. The smallest absolute Gasteiger partial charge is 0.323 e. The summed E-state index contributed by atoms with van der Waals surface area (Å²) in [5.41, 5.74) is 0.525. The van der Waals surface area contributed by atoms with Crippen LogP contribution in [0.2, 0.25) is 0 Å². The van der Waals surface area contributed by atoms with Gasteiger partial charge in [0, 0.05) is 10.9 Å². The second kappa shape index (κ2) is 5.57. The number of aromatic hydroxyl groups is 1. The van der Waals surface area contributed by atoms with Crippen LogP contribution in [0.4, 0.5) is 21.9 Å². The van der Waals surface area contributed by atoms with Gasteiger partial charge in [0.05, 0.1) is 22.4 Å². The third-order valence-electron chi connectivity index (χ3n) is 2.55. The standard InChI is InChI=1S/C12H11N3O4S/c1-7-9(4-5-20-7)13-12(17)14-10-3-2-8(15(18)19)6-11(10)16/h2-6,16H,1H3,(H2,13,14,17). The lowest BCUT2D eigenvalue weighted by atomic mass is 10.2. The maximum atomic E-state index is 11.7. The van der Waals surface area contributed by atoms with Crippen LogP contribution in [0.25, 0.3) is 0 Å². The maximum Gasteiger partial charge on any atom is 0.323 e. The summed E-state index contributed by atoms with van der Waals surface area (Å²) in [6, 6.07) is 4.68. The molecule has 20 heavy (non-hydrogen) atoms. The van der Waals surface area contributed by atoms with Crippen molar-refractivity contribution in [2.75, 3.05) is 10.6 Å². The van der Waals surface area contributed by atoms with Crippen LogP contribution in [0, 0.1) is 17.0 Å². The van der Waals surface area contributed by atoms with Crippen LogP contribution in [-0.2, 0) is 0 Å². The molecule has 8 heteroatoms. The average molecular weight is 293 g/mol. The Kier molecular flexibility index (Phi) is 3.85. The lowest BCUT2D eigenvalue weighted by Gasteiger charge is -2.08. The molecule has 0 aliphatic carbocycles. The Hall–Kier alpha value is -2.61. The van der Waals surface area contributed by atoms with Crippen LogP contribution in [-0.4, -0.2) is 16.1 Å². The number of rotatable bonds is 3. The number of urea groups is 1.